The van der Waals surface area contributed by atoms with E-state index in [1.807, 2.05) is 18.2 Å². The van der Waals surface area contributed by atoms with E-state index >= 15 is 0 Å². The molecule has 0 spiro atoms. The summed E-state index contributed by atoms with van der Waals surface area (Å²) < 4.78 is 10.6. The largest absolute Gasteiger partial charge is 0.497 e. The standard InChI is InChI=1S/C17H26N2O3/c1-21-15-4-5-16(22-2)14(11-15)3-6-17(20)19-10-8-13-7-9-18-12-13/h4-5,11,13,18H,3,6-10,12H2,1-2H3,(H,19,20). The van der Waals surface area contributed by atoms with E-state index in [2.05, 4.69) is 10.6 Å². The van der Waals surface area contributed by atoms with E-state index in [0.29, 0.717) is 18.8 Å². The van der Waals surface area contributed by atoms with Crippen LogP contribution in [0.4, 0.5) is 0 Å². The monoisotopic (exact) mass is 306 g/mol. The van der Waals surface area contributed by atoms with Gasteiger partial charge in [-0.1, -0.05) is 0 Å². The van der Waals surface area contributed by atoms with Crippen molar-refractivity contribution in [1.82, 2.24) is 10.6 Å². The molecule has 0 bridgehead atoms. The van der Waals surface area contributed by atoms with Gasteiger partial charge in [-0.25, -0.2) is 0 Å². The SMILES string of the molecule is COc1ccc(OC)c(CCC(=O)NCCC2CCNC2)c1. The zero-order valence-corrected chi connectivity index (χ0v) is 13.5. The van der Waals surface area contributed by atoms with Crippen molar-refractivity contribution in [3.8, 4) is 11.5 Å². The number of aryl methyl sites for hydroxylation is 1. The van der Waals surface area contributed by atoms with Crippen molar-refractivity contribution in [2.75, 3.05) is 33.9 Å². The Hall–Kier alpha value is -1.75. The predicted octanol–water partition coefficient (Wildman–Crippen LogP) is 1.75. The normalized spacial score (nSPS) is 17.3. The van der Waals surface area contributed by atoms with Crippen LogP contribution in [0.25, 0.3) is 0 Å². The number of ether oxygens (including phenoxy) is 2. The van der Waals surface area contributed by atoms with E-state index in [1.165, 1.54) is 6.42 Å². The molecule has 1 aliphatic heterocycles. The lowest BCUT2D eigenvalue weighted by Gasteiger charge is -2.11. The molecule has 1 saturated heterocycles. The van der Waals surface area contributed by atoms with Crippen molar-refractivity contribution in [3.05, 3.63) is 23.8 Å². The molecule has 1 heterocycles. The maximum Gasteiger partial charge on any atom is 0.220 e. The summed E-state index contributed by atoms with van der Waals surface area (Å²) in [5.41, 5.74) is 0.997. The van der Waals surface area contributed by atoms with E-state index in [-0.39, 0.29) is 5.91 Å². The van der Waals surface area contributed by atoms with Crippen molar-refractivity contribution in [1.29, 1.82) is 0 Å². The van der Waals surface area contributed by atoms with Crippen LogP contribution in [0.3, 0.4) is 0 Å². The van der Waals surface area contributed by atoms with Crippen LogP contribution in [-0.4, -0.2) is 39.8 Å². The number of hydrogen-bond acceptors (Lipinski definition) is 4. The van der Waals surface area contributed by atoms with Gasteiger partial charge in [-0.3, -0.25) is 4.79 Å². The van der Waals surface area contributed by atoms with Crippen molar-refractivity contribution < 1.29 is 14.3 Å². The Kier molecular flexibility index (Phi) is 6.52. The Morgan fingerprint density at radius 2 is 2.23 bits per heavy atom. The first-order valence-corrected chi connectivity index (χ1v) is 7.91. The third kappa shape index (κ3) is 4.91. The Balaban J connectivity index is 1.75. The first kappa shape index (κ1) is 16.6. The van der Waals surface area contributed by atoms with Crippen LogP contribution in [0.15, 0.2) is 18.2 Å². The van der Waals surface area contributed by atoms with Crippen LogP contribution in [0.1, 0.15) is 24.8 Å². The summed E-state index contributed by atoms with van der Waals surface area (Å²) in [6, 6.07) is 5.66. The third-order valence-electron chi connectivity index (χ3n) is 4.15. The predicted molar refractivity (Wildman–Crippen MR) is 86.5 cm³/mol. The molecule has 0 saturated carbocycles. The van der Waals surface area contributed by atoms with Gasteiger partial charge in [0.1, 0.15) is 11.5 Å². The minimum atomic E-state index is 0.0934. The highest BCUT2D eigenvalue weighted by molar-refractivity contribution is 5.76. The van der Waals surface area contributed by atoms with Crippen LogP contribution in [0, 0.1) is 5.92 Å². The van der Waals surface area contributed by atoms with Gasteiger partial charge in [0.25, 0.3) is 0 Å². The first-order valence-electron chi connectivity index (χ1n) is 7.91. The lowest BCUT2D eigenvalue weighted by Crippen LogP contribution is -2.26. The van der Waals surface area contributed by atoms with Gasteiger partial charge >= 0.3 is 0 Å². The molecule has 22 heavy (non-hydrogen) atoms. The van der Waals surface area contributed by atoms with Crippen molar-refractivity contribution in [2.45, 2.75) is 25.7 Å². The average Bonchev–Trinajstić information content (AvgIpc) is 3.06. The molecule has 2 rings (SSSR count). The summed E-state index contributed by atoms with van der Waals surface area (Å²) in [6.07, 6.45) is 3.39. The summed E-state index contributed by atoms with van der Waals surface area (Å²) in [4.78, 5) is 11.9. The third-order valence-corrected chi connectivity index (χ3v) is 4.15. The molecule has 122 valence electrons. The van der Waals surface area contributed by atoms with Crippen molar-refractivity contribution in [3.63, 3.8) is 0 Å². The molecule has 1 aromatic carbocycles. The molecule has 1 aromatic rings. The van der Waals surface area contributed by atoms with Gasteiger partial charge in [-0.15, -0.1) is 0 Å². The van der Waals surface area contributed by atoms with Crippen LogP contribution in [0.2, 0.25) is 0 Å². The fraction of sp³-hybridized carbons (Fsp3) is 0.588. The van der Waals surface area contributed by atoms with Gasteiger partial charge < -0.3 is 20.1 Å². The molecule has 0 radical (unpaired) electrons. The highest BCUT2D eigenvalue weighted by atomic mass is 16.5. The lowest BCUT2D eigenvalue weighted by molar-refractivity contribution is -0.121. The number of carbonyl (C=O) groups is 1. The second kappa shape index (κ2) is 8.63. The Morgan fingerprint density at radius 1 is 1.36 bits per heavy atom. The van der Waals surface area contributed by atoms with Crippen molar-refractivity contribution in [2.24, 2.45) is 5.92 Å². The second-order valence-corrected chi connectivity index (χ2v) is 5.68. The smallest absolute Gasteiger partial charge is 0.220 e. The van der Waals surface area contributed by atoms with Gasteiger partial charge in [-0.2, -0.15) is 0 Å². The second-order valence-electron chi connectivity index (χ2n) is 5.68. The van der Waals surface area contributed by atoms with E-state index in [4.69, 9.17) is 9.47 Å². The number of rotatable bonds is 8. The zero-order chi connectivity index (χ0) is 15.8. The molecule has 0 aliphatic carbocycles. The maximum atomic E-state index is 11.9. The van der Waals surface area contributed by atoms with Crippen LogP contribution in [0.5, 0.6) is 11.5 Å². The summed E-state index contributed by atoms with van der Waals surface area (Å²) in [7, 11) is 3.27. The number of benzene rings is 1. The molecular weight excluding hydrogens is 280 g/mol. The minimum absolute atomic E-state index is 0.0934. The van der Waals surface area contributed by atoms with E-state index in [0.717, 1.165) is 43.1 Å². The van der Waals surface area contributed by atoms with Crippen molar-refractivity contribution >= 4 is 5.91 Å². The molecule has 1 aliphatic rings. The molecule has 5 nitrogen and oxygen atoms in total. The van der Waals surface area contributed by atoms with Gasteiger partial charge in [0.05, 0.1) is 14.2 Å². The molecule has 1 atom stereocenters. The van der Waals surface area contributed by atoms with Gasteiger partial charge in [-0.05, 0) is 62.0 Å². The number of amides is 1. The highest BCUT2D eigenvalue weighted by Gasteiger charge is 2.14. The zero-order valence-electron chi connectivity index (χ0n) is 13.5. The number of hydrogen-bond donors (Lipinski definition) is 2. The molecule has 1 amide bonds. The molecule has 5 heteroatoms. The summed E-state index contributed by atoms with van der Waals surface area (Å²) in [5.74, 6) is 2.38. The average molecular weight is 306 g/mol. The quantitative estimate of drug-likeness (QED) is 0.768. The lowest BCUT2D eigenvalue weighted by atomic mass is 10.0. The topological polar surface area (TPSA) is 59.6 Å². The number of methoxy groups -OCH3 is 2. The van der Waals surface area contributed by atoms with E-state index in [1.54, 1.807) is 14.2 Å². The molecule has 1 fully saturated rings. The summed E-state index contributed by atoms with van der Waals surface area (Å²) in [5, 5.41) is 6.35. The van der Waals surface area contributed by atoms with E-state index in [9.17, 15) is 4.79 Å². The number of carbonyl (C=O) groups excluding carboxylic acids is 1. The van der Waals surface area contributed by atoms with Crippen LogP contribution < -0.4 is 20.1 Å². The van der Waals surface area contributed by atoms with E-state index < -0.39 is 0 Å². The Bertz CT molecular complexity index is 485. The summed E-state index contributed by atoms with van der Waals surface area (Å²) >= 11 is 0. The van der Waals surface area contributed by atoms with Crippen LogP contribution >= 0.6 is 0 Å². The Morgan fingerprint density at radius 3 is 2.91 bits per heavy atom. The molecular formula is C17H26N2O3. The van der Waals surface area contributed by atoms with Crippen LogP contribution in [-0.2, 0) is 11.2 Å². The Labute approximate surface area is 132 Å². The highest BCUT2D eigenvalue weighted by Crippen LogP contribution is 2.25. The molecule has 0 aromatic heterocycles. The minimum Gasteiger partial charge on any atom is -0.497 e. The van der Waals surface area contributed by atoms with Gasteiger partial charge in [0.15, 0.2) is 0 Å². The first-order chi connectivity index (χ1) is 10.7. The van der Waals surface area contributed by atoms with Gasteiger partial charge in [0.2, 0.25) is 5.91 Å². The molecule has 1 unspecified atom stereocenters. The molecule has 2 N–H and O–H groups in total. The fourth-order valence-electron chi connectivity index (χ4n) is 2.79. The fourth-order valence-corrected chi connectivity index (χ4v) is 2.79. The maximum absolute atomic E-state index is 11.9. The van der Waals surface area contributed by atoms with Gasteiger partial charge in [0, 0.05) is 13.0 Å². The number of nitrogens with one attached hydrogen (secondary N) is 2. The summed E-state index contributed by atoms with van der Waals surface area (Å²) in [6.45, 7) is 2.95.